The van der Waals surface area contributed by atoms with Crippen molar-refractivity contribution in [2.24, 2.45) is 5.92 Å². The van der Waals surface area contributed by atoms with Crippen LogP contribution in [0.5, 0.6) is 0 Å². The van der Waals surface area contributed by atoms with Crippen LogP contribution in [0.4, 0.5) is 0 Å². The van der Waals surface area contributed by atoms with Gasteiger partial charge in [0, 0.05) is 20.8 Å². The Morgan fingerprint density at radius 1 is 1.21 bits per heavy atom. The first kappa shape index (κ1) is 13.9. The molecule has 0 saturated heterocycles. The second-order valence-corrected chi connectivity index (χ2v) is 3.86. The molecule has 0 aromatic heterocycles. The Kier molecular flexibility index (Phi) is 9.42. The molecule has 0 spiro atoms. The lowest BCUT2D eigenvalue weighted by Gasteiger charge is -2.18. The van der Waals surface area contributed by atoms with E-state index in [2.05, 4.69) is 13.8 Å². The number of hydrogen-bond donors (Lipinski definition) is 0. The number of hydrogen-bond acceptors (Lipinski definition) is 2. The first-order chi connectivity index (χ1) is 6.74. The normalized spacial score (nSPS) is 15.4. The topological polar surface area (TPSA) is 18.5 Å². The molecule has 2 heteroatoms. The average Bonchev–Trinajstić information content (AvgIpc) is 2.22. The third kappa shape index (κ3) is 7.34. The largest absolute Gasteiger partial charge is 0.385 e. The minimum absolute atomic E-state index is 0.384. The Balaban J connectivity index is 3.47. The van der Waals surface area contributed by atoms with Gasteiger partial charge in [0.05, 0.1) is 6.10 Å². The van der Waals surface area contributed by atoms with Gasteiger partial charge in [-0.2, -0.15) is 0 Å². The van der Waals surface area contributed by atoms with Gasteiger partial charge in [0.2, 0.25) is 0 Å². The molecule has 0 N–H and O–H groups in total. The highest BCUT2D eigenvalue weighted by Crippen LogP contribution is 2.16. The molecule has 1 radical (unpaired) electrons. The molecule has 0 bridgehead atoms. The molecule has 0 fully saturated rings. The maximum Gasteiger partial charge on any atom is 0.0574 e. The van der Waals surface area contributed by atoms with Crippen LogP contribution in [0.15, 0.2) is 0 Å². The van der Waals surface area contributed by atoms with Crippen molar-refractivity contribution < 1.29 is 9.47 Å². The first-order valence-electron chi connectivity index (χ1n) is 5.59. The van der Waals surface area contributed by atoms with E-state index in [0.29, 0.717) is 12.0 Å². The lowest BCUT2D eigenvalue weighted by atomic mass is 9.98. The van der Waals surface area contributed by atoms with Gasteiger partial charge in [-0.25, -0.2) is 0 Å². The average molecular weight is 201 g/mol. The highest BCUT2D eigenvalue weighted by Gasteiger charge is 2.10. The monoisotopic (exact) mass is 201 g/mol. The number of methoxy groups -OCH3 is 2. The summed E-state index contributed by atoms with van der Waals surface area (Å²) >= 11 is 0. The summed E-state index contributed by atoms with van der Waals surface area (Å²) in [7, 11) is 3.54. The summed E-state index contributed by atoms with van der Waals surface area (Å²) in [6.07, 6.45) is 6.05. The Hall–Kier alpha value is -0.0800. The molecular formula is C12H25O2. The Bertz CT molecular complexity index is 115. The maximum atomic E-state index is 5.42. The maximum absolute atomic E-state index is 5.42. The van der Waals surface area contributed by atoms with Crippen molar-refractivity contribution in [2.45, 2.75) is 45.1 Å². The molecule has 0 aliphatic carbocycles. The van der Waals surface area contributed by atoms with E-state index in [1.54, 1.807) is 14.2 Å². The van der Waals surface area contributed by atoms with Crippen LogP contribution in [0, 0.1) is 12.8 Å². The summed E-state index contributed by atoms with van der Waals surface area (Å²) in [5.41, 5.74) is 0. The predicted octanol–water partition coefficient (Wildman–Crippen LogP) is 3.07. The van der Waals surface area contributed by atoms with Crippen molar-refractivity contribution >= 4 is 0 Å². The minimum Gasteiger partial charge on any atom is -0.385 e. The molecule has 0 aliphatic heterocycles. The fourth-order valence-electron chi connectivity index (χ4n) is 1.49. The zero-order chi connectivity index (χ0) is 10.8. The Labute approximate surface area is 89.0 Å². The smallest absolute Gasteiger partial charge is 0.0574 e. The highest BCUT2D eigenvalue weighted by atomic mass is 16.5. The summed E-state index contributed by atoms with van der Waals surface area (Å²) in [6, 6.07) is 0. The van der Waals surface area contributed by atoms with Crippen LogP contribution < -0.4 is 0 Å². The van der Waals surface area contributed by atoms with Gasteiger partial charge in [0.25, 0.3) is 0 Å². The van der Waals surface area contributed by atoms with Crippen molar-refractivity contribution in [3.8, 4) is 0 Å². The third-order valence-corrected chi connectivity index (χ3v) is 2.63. The molecule has 0 heterocycles. The third-order valence-electron chi connectivity index (χ3n) is 2.63. The molecule has 0 aromatic rings. The van der Waals surface area contributed by atoms with Crippen molar-refractivity contribution in [3.63, 3.8) is 0 Å². The van der Waals surface area contributed by atoms with Gasteiger partial charge >= 0.3 is 0 Å². The lowest BCUT2D eigenvalue weighted by molar-refractivity contribution is 0.0732. The molecular weight excluding hydrogens is 176 g/mol. The van der Waals surface area contributed by atoms with E-state index in [1.807, 2.05) is 0 Å². The molecule has 2 nitrogen and oxygen atoms in total. The molecule has 0 aromatic carbocycles. The van der Waals surface area contributed by atoms with E-state index in [1.165, 1.54) is 6.42 Å². The summed E-state index contributed by atoms with van der Waals surface area (Å²) < 4.78 is 10.4. The number of unbranched alkanes of at least 4 members (excludes halogenated alkanes) is 1. The Morgan fingerprint density at radius 2 is 1.93 bits per heavy atom. The van der Waals surface area contributed by atoms with Crippen molar-refractivity contribution in [2.75, 3.05) is 20.8 Å². The second kappa shape index (κ2) is 9.47. The first-order valence-corrected chi connectivity index (χ1v) is 5.59. The van der Waals surface area contributed by atoms with Crippen LogP contribution in [-0.2, 0) is 9.47 Å². The van der Waals surface area contributed by atoms with E-state index in [0.717, 1.165) is 32.3 Å². The highest BCUT2D eigenvalue weighted by molar-refractivity contribution is 4.67. The van der Waals surface area contributed by atoms with E-state index >= 15 is 0 Å². The number of ether oxygens (including phenoxy) is 2. The molecule has 2 unspecified atom stereocenters. The van der Waals surface area contributed by atoms with Gasteiger partial charge in [0.15, 0.2) is 0 Å². The standard InChI is InChI=1S/C12H25O2/c1-5-11(2)10-12(14-4)8-6-7-9-13-3/h11-12H,2,5-10H2,1,3-4H3. The number of rotatable bonds is 9. The summed E-state index contributed by atoms with van der Waals surface area (Å²) in [4.78, 5) is 0. The fraction of sp³-hybridized carbons (Fsp3) is 0.917. The summed E-state index contributed by atoms with van der Waals surface area (Å²) in [6.45, 7) is 7.12. The van der Waals surface area contributed by atoms with Gasteiger partial charge in [-0.1, -0.05) is 20.3 Å². The second-order valence-electron chi connectivity index (χ2n) is 3.86. The van der Waals surface area contributed by atoms with Crippen LogP contribution in [-0.4, -0.2) is 26.9 Å². The molecule has 0 amide bonds. The van der Waals surface area contributed by atoms with Crippen molar-refractivity contribution in [1.29, 1.82) is 0 Å². The quantitative estimate of drug-likeness (QED) is 0.534. The zero-order valence-electron chi connectivity index (χ0n) is 9.92. The zero-order valence-corrected chi connectivity index (χ0v) is 9.92. The van der Waals surface area contributed by atoms with E-state index < -0.39 is 0 Å². The lowest BCUT2D eigenvalue weighted by Crippen LogP contribution is -2.14. The summed E-state index contributed by atoms with van der Waals surface area (Å²) in [5, 5.41) is 0. The minimum atomic E-state index is 0.384. The van der Waals surface area contributed by atoms with Crippen LogP contribution in [0.3, 0.4) is 0 Å². The van der Waals surface area contributed by atoms with Gasteiger partial charge in [-0.15, -0.1) is 0 Å². The van der Waals surface area contributed by atoms with Gasteiger partial charge in [-0.3, -0.25) is 0 Å². The van der Waals surface area contributed by atoms with Crippen LogP contribution in [0.25, 0.3) is 0 Å². The molecule has 0 aliphatic rings. The predicted molar refractivity (Wildman–Crippen MR) is 60.3 cm³/mol. The van der Waals surface area contributed by atoms with Crippen LogP contribution >= 0.6 is 0 Å². The van der Waals surface area contributed by atoms with E-state index in [9.17, 15) is 0 Å². The van der Waals surface area contributed by atoms with Gasteiger partial charge < -0.3 is 9.47 Å². The van der Waals surface area contributed by atoms with Gasteiger partial charge in [0.1, 0.15) is 0 Å². The van der Waals surface area contributed by atoms with Gasteiger partial charge in [-0.05, 0) is 31.6 Å². The van der Waals surface area contributed by atoms with Crippen molar-refractivity contribution in [3.05, 3.63) is 6.92 Å². The molecule has 85 valence electrons. The molecule has 2 atom stereocenters. The van der Waals surface area contributed by atoms with E-state index in [-0.39, 0.29) is 0 Å². The van der Waals surface area contributed by atoms with Crippen LogP contribution in [0.1, 0.15) is 39.0 Å². The fourth-order valence-corrected chi connectivity index (χ4v) is 1.49. The van der Waals surface area contributed by atoms with Crippen LogP contribution in [0.2, 0.25) is 0 Å². The molecule has 0 rings (SSSR count). The molecule has 0 saturated carbocycles. The van der Waals surface area contributed by atoms with Crippen molar-refractivity contribution in [1.82, 2.24) is 0 Å². The summed E-state index contributed by atoms with van der Waals surface area (Å²) in [5.74, 6) is 0.530. The molecule has 14 heavy (non-hydrogen) atoms. The van der Waals surface area contributed by atoms with E-state index in [4.69, 9.17) is 9.47 Å². The Morgan fingerprint density at radius 3 is 2.43 bits per heavy atom. The SMILES string of the molecule is [CH2]C(CC)CC(CCCCOC)OC.